The van der Waals surface area contributed by atoms with Gasteiger partial charge in [0.1, 0.15) is 5.70 Å². The van der Waals surface area contributed by atoms with Crippen LogP contribution in [0.15, 0.2) is 37.3 Å². The number of nitrogens with one attached hydrogen (secondary N) is 1. The highest BCUT2D eigenvalue weighted by Crippen LogP contribution is 2.35. The van der Waals surface area contributed by atoms with Crippen molar-refractivity contribution in [1.82, 2.24) is 0 Å². The molecule has 0 aromatic heterocycles. The summed E-state index contributed by atoms with van der Waals surface area (Å²) < 4.78 is 11.3. The fraction of sp³-hybridized carbons (Fsp3) is 0.167. The van der Waals surface area contributed by atoms with E-state index in [1.165, 1.54) is 14.2 Å². The molecular formula is C12H10Br3NO4. The Morgan fingerprint density at radius 3 is 2.10 bits per heavy atom. The van der Waals surface area contributed by atoms with E-state index in [1.807, 2.05) is 0 Å². The molecule has 0 unspecified atom stereocenters. The molecule has 1 aromatic rings. The molecule has 0 atom stereocenters. The van der Waals surface area contributed by atoms with Gasteiger partial charge in [-0.05, 0) is 44.0 Å². The van der Waals surface area contributed by atoms with Crippen molar-refractivity contribution in [2.75, 3.05) is 19.5 Å². The molecular weight excluding hydrogens is 462 g/mol. The molecule has 20 heavy (non-hydrogen) atoms. The number of ether oxygens (including phenoxy) is 2. The summed E-state index contributed by atoms with van der Waals surface area (Å²) in [4.78, 5) is 22.9. The van der Waals surface area contributed by atoms with E-state index in [9.17, 15) is 9.59 Å². The summed E-state index contributed by atoms with van der Waals surface area (Å²) in [7, 11) is 2.44. The van der Waals surface area contributed by atoms with Crippen LogP contribution in [0.25, 0.3) is 0 Å². The minimum Gasteiger partial charge on any atom is -0.466 e. The van der Waals surface area contributed by atoms with E-state index in [4.69, 9.17) is 0 Å². The van der Waals surface area contributed by atoms with E-state index in [0.717, 1.165) is 10.5 Å². The van der Waals surface area contributed by atoms with Crippen molar-refractivity contribution >= 4 is 65.4 Å². The van der Waals surface area contributed by atoms with Crippen LogP contribution in [-0.4, -0.2) is 26.2 Å². The minimum atomic E-state index is -0.683. The van der Waals surface area contributed by atoms with E-state index in [-0.39, 0.29) is 5.70 Å². The van der Waals surface area contributed by atoms with E-state index >= 15 is 0 Å². The molecule has 0 spiro atoms. The summed E-state index contributed by atoms with van der Waals surface area (Å²) in [6.07, 6.45) is 1.02. The largest absolute Gasteiger partial charge is 0.466 e. The van der Waals surface area contributed by atoms with Crippen LogP contribution in [0.3, 0.4) is 0 Å². The summed E-state index contributed by atoms with van der Waals surface area (Å²) in [5, 5.41) is 2.83. The molecule has 0 aliphatic rings. The molecule has 0 saturated heterocycles. The molecule has 5 nitrogen and oxygen atoms in total. The lowest BCUT2D eigenvalue weighted by Crippen LogP contribution is -2.16. The zero-order valence-corrected chi connectivity index (χ0v) is 15.3. The Balaban J connectivity index is 3.17. The second kappa shape index (κ2) is 7.80. The van der Waals surface area contributed by atoms with Crippen molar-refractivity contribution in [1.29, 1.82) is 0 Å². The molecule has 0 radical (unpaired) electrons. The second-order valence-corrected chi connectivity index (χ2v) is 6.07. The number of anilines is 1. The number of hydrogen-bond donors (Lipinski definition) is 1. The van der Waals surface area contributed by atoms with Gasteiger partial charge in [-0.3, -0.25) is 0 Å². The molecule has 0 aliphatic heterocycles. The first-order valence-corrected chi connectivity index (χ1v) is 7.56. The third-order valence-corrected chi connectivity index (χ3v) is 3.84. The van der Waals surface area contributed by atoms with E-state index in [0.29, 0.717) is 14.6 Å². The van der Waals surface area contributed by atoms with Gasteiger partial charge in [0, 0.05) is 13.4 Å². The number of carbonyl (C=O) groups is 2. The number of rotatable bonds is 4. The van der Waals surface area contributed by atoms with Crippen LogP contribution in [0.1, 0.15) is 0 Å². The van der Waals surface area contributed by atoms with Crippen LogP contribution in [-0.2, 0) is 19.1 Å². The maximum atomic E-state index is 11.7. The molecule has 0 aliphatic carbocycles. The predicted molar refractivity (Wildman–Crippen MR) is 85.3 cm³/mol. The van der Waals surface area contributed by atoms with Crippen LogP contribution in [0.4, 0.5) is 5.69 Å². The summed E-state index contributed by atoms with van der Waals surface area (Å²) in [6, 6.07) is 3.58. The predicted octanol–water partition coefficient (Wildman–Crippen LogP) is 3.62. The SMILES string of the molecule is COC(=O)/C=C(/Nc1c(Br)cc(Br)cc1Br)C(=O)OC. The van der Waals surface area contributed by atoms with Gasteiger partial charge in [0.2, 0.25) is 0 Å². The van der Waals surface area contributed by atoms with E-state index < -0.39 is 11.9 Å². The van der Waals surface area contributed by atoms with Gasteiger partial charge < -0.3 is 14.8 Å². The molecule has 108 valence electrons. The standard InChI is InChI=1S/C12H10Br3NO4/c1-19-10(17)5-9(12(18)20-2)16-11-7(14)3-6(13)4-8(11)15/h3-5,16H,1-2H3/b9-5+. The number of benzene rings is 1. The zero-order valence-electron chi connectivity index (χ0n) is 10.5. The smallest absolute Gasteiger partial charge is 0.354 e. The van der Waals surface area contributed by atoms with Gasteiger partial charge in [-0.1, -0.05) is 15.9 Å². The van der Waals surface area contributed by atoms with Gasteiger partial charge in [-0.2, -0.15) is 0 Å². The van der Waals surface area contributed by atoms with Gasteiger partial charge in [0.15, 0.2) is 0 Å². The normalized spacial score (nSPS) is 10.9. The monoisotopic (exact) mass is 469 g/mol. The first kappa shape index (κ1) is 17.2. The number of hydrogen-bond acceptors (Lipinski definition) is 5. The third-order valence-electron chi connectivity index (χ3n) is 2.14. The number of carbonyl (C=O) groups excluding carboxylic acids is 2. The Hall–Kier alpha value is -0.860. The zero-order chi connectivity index (χ0) is 15.3. The quantitative estimate of drug-likeness (QED) is 0.537. The second-order valence-electron chi connectivity index (χ2n) is 3.44. The molecule has 8 heteroatoms. The van der Waals surface area contributed by atoms with Crippen LogP contribution >= 0.6 is 47.8 Å². The van der Waals surface area contributed by atoms with Crippen molar-refractivity contribution in [2.24, 2.45) is 0 Å². The van der Waals surface area contributed by atoms with Crippen LogP contribution < -0.4 is 5.32 Å². The van der Waals surface area contributed by atoms with Gasteiger partial charge in [-0.15, -0.1) is 0 Å². The molecule has 1 aromatic carbocycles. The molecule has 0 fully saturated rings. The van der Waals surface area contributed by atoms with Crippen molar-refractivity contribution in [3.05, 3.63) is 37.3 Å². The Kier molecular flexibility index (Phi) is 6.70. The van der Waals surface area contributed by atoms with Gasteiger partial charge >= 0.3 is 11.9 Å². The highest BCUT2D eigenvalue weighted by Gasteiger charge is 2.16. The molecule has 0 bridgehead atoms. The van der Waals surface area contributed by atoms with Crippen molar-refractivity contribution < 1.29 is 19.1 Å². The Bertz CT molecular complexity index is 549. The van der Waals surface area contributed by atoms with Crippen LogP contribution in [0.2, 0.25) is 0 Å². The Labute approximate surface area is 141 Å². The minimum absolute atomic E-state index is 0.0388. The average Bonchev–Trinajstić information content (AvgIpc) is 2.40. The lowest BCUT2D eigenvalue weighted by molar-refractivity contribution is -0.138. The summed E-state index contributed by atoms with van der Waals surface area (Å²) in [6.45, 7) is 0. The fourth-order valence-electron chi connectivity index (χ4n) is 1.23. The summed E-state index contributed by atoms with van der Waals surface area (Å²) in [5.41, 5.74) is 0.539. The van der Waals surface area contributed by atoms with E-state index in [2.05, 4.69) is 62.6 Å². The van der Waals surface area contributed by atoms with Gasteiger partial charge in [0.05, 0.1) is 26.0 Å². The van der Waals surface area contributed by atoms with Crippen molar-refractivity contribution in [3.8, 4) is 0 Å². The third kappa shape index (κ3) is 4.60. The number of methoxy groups -OCH3 is 2. The summed E-state index contributed by atoms with van der Waals surface area (Å²) in [5.74, 6) is -1.35. The fourth-order valence-corrected chi connectivity index (χ4v) is 3.69. The van der Waals surface area contributed by atoms with Crippen LogP contribution in [0.5, 0.6) is 0 Å². The highest BCUT2D eigenvalue weighted by atomic mass is 79.9. The average molecular weight is 472 g/mol. The van der Waals surface area contributed by atoms with Crippen LogP contribution in [0, 0.1) is 0 Å². The Morgan fingerprint density at radius 1 is 1.10 bits per heavy atom. The molecule has 0 heterocycles. The maximum absolute atomic E-state index is 11.7. The molecule has 1 N–H and O–H groups in total. The molecule has 1 rings (SSSR count). The van der Waals surface area contributed by atoms with Gasteiger partial charge in [0.25, 0.3) is 0 Å². The summed E-state index contributed by atoms with van der Waals surface area (Å²) >= 11 is 10.1. The number of halogens is 3. The number of esters is 2. The molecule has 0 saturated carbocycles. The van der Waals surface area contributed by atoms with Crippen molar-refractivity contribution in [3.63, 3.8) is 0 Å². The first-order valence-electron chi connectivity index (χ1n) is 5.18. The van der Waals surface area contributed by atoms with Gasteiger partial charge in [-0.25, -0.2) is 9.59 Å². The Morgan fingerprint density at radius 2 is 1.65 bits per heavy atom. The topological polar surface area (TPSA) is 64.6 Å². The maximum Gasteiger partial charge on any atom is 0.354 e. The van der Waals surface area contributed by atoms with Crippen molar-refractivity contribution in [2.45, 2.75) is 0 Å². The highest BCUT2D eigenvalue weighted by molar-refractivity contribution is 9.11. The van der Waals surface area contributed by atoms with E-state index in [1.54, 1.807) is 12.1 Å². The molecule has 0 amide bonds. The first-order chi connectivity index (χ1) is 9.38. The lowest BCUT2D eigenvalue weighted by Gasteiger charge is -2.13. The lowest BCUT2D eigenvalue weighted by atomic mass is 10.3.